The molecule has 74 heavy (non-hydrogen) atoms. The Morgan fingerprint density at radius 1 is 0.257 bits per heavy atom. The predicted molar refractivity (Wildman–Crippen MR) is 321 cm³/mol. The molecule has 0 aromatic heterocycles. The predicted octanol–water partition coefficient (Wildman–Crippen LogP) is 22.6. The van der Waals surface area contributed by atoms with Crippen molar-refractivity contribution in [3.8, 4) is 0 Å². The quantitative estimate of drug-likeness (QED) is 0.0261. The van der Waals surface area contributed by atoms with Crippen LogP contribution in [-0.2, 0) is 28.6 Å². The molecule has 0 aliphatic carbocycles. The molecule has 0 radical (unpaired) electrons. The van der Waals surface area contributed by atoms with Crippen LogP contribution in [0.4, 0.5) is 0 Å². The van der Waals surface area contributed by atoms with Crippen molar-refractivity contribution >= 4 is 17.9 Å². The number of allylic oxidation sites excluding steroid dienone is 4. The van der Waals surface area contributed by atoms with Gasteiger partial charge in [0.2, 0.25) is 0 Å². The second-order valence-electron chi connectivity index (χ2n) is 22.7. The zero-order chi connectivity index (χ0) is 53.6. The molecule has 0 spiro atoms. The molecule has 1 unspecified atom stereocenters. The summed E-state index contributed by atoms with van der Waals surface area (Å²) < 4.78 is 16.8. The molecule has 0 N–H and O–H groups in total. The highest BCUT2D eigenvalue weighted by Gasteiger charge is 2.19. The number of unbranched alkanes of at least 4 members (excludes halogenated alkanes) is 47. The van der Waals surface area contributed by atoms with Crippen LogP contribution in [0.5, 0.6) is 0 Å². The fraction of sp³-hybridized carbons (Fsp3) is 0.897. The second kappa shape index (κ2) is 63.4. The Hall–Kier alpha value is -2.11. The summed E-state index contributed by atoms with van der Waals surface area (Å²) in [6.45, 7) is 6.58. The Morgan fingerprint density at radius 3 is 0.770 bits per heavy atom. The van der Waals surface area contributed by atoms with Crippen molar-refractivity contribution in [2.75, 3.05) is 13.2 Å². The van der Waals surface area contributed by atoms with E-state index in [0.29, 0.717) is 19.3 Å². The molecular weight excluding hydrogens is 913 g/mol. The van der Waals surface area contributed by atoms with Gasteiger partial charge in [-0.05, 0) is 57.8 Å². The van der Waals surface area contributed by atoms with Gasteiger partial charge in [-0.3, -0.25) is 14.4 Å². The minimum atomic E-state index is -0.774. The Kier molecular flexibility index (Phi) is 61.6. The molecular formula is C68H128O6. The number of hydrogen-bond acceptors (Lipinski definition) is 6. The summed E-state index contributed by atoms with van der Waals surface area (Å²) in [5.41, 5.74) is 0. The standard InChI is InChI=1S/C68H128O6/c1-4-7-10-13-16-19-22-23-24-25-26-27-28-29-30-31-32-33-34-35-36-37-38-39-40-41-42-43-44-45-47-49-52-55-58-61-67(70)73-64-65(63-72-66(69)60-57-54-51-48-21-18-15-12-9-6-3)74-68(71)62-59-56-53-50-46-20-17-14-11-8-5-2/h12,14-15,17,65H,4-11,13,16,18-64H2,1-3H3/b15-12-,17-14-. The van der Waals surface area contributed by atoms with Gasteiger partial charge in [0.05, 0.1) is 0 Å². The van der Waals surface area contributed by atoms with Crippen LogP contribution in [0.2, 0.25) is 0 Å². The molecule has 0 saturated carbocycles. The normalized spacial score (nSPS) is 12.1. The third-order valence-corrected chi connectivity index (χ3v) is 15.2. The van der Waals surface area contributed by atoms with Gasteiger partial charge in [-0.25, -0.2) is 0 Å². The Morgan fingerprint density at radius 2 is 0.486 bits per heavy atom. The molecule has 0 aliphatic rings. The molecule has 1 atom stereocenters. The minimum absolute atomic E-state index is 0.0734. The summed E-state index contributed by atoms with van der Waals surface area (Å²) in [6.07, 6.45) is 76.8. The van der Waals surface area contributed by atoms with Gasteiger partial charge in [-0.2, -0.15) is 0 Å². The van der Waals surface area contributed by atoms with E-state index in [1.54, 1.807) is 0 Å². The molecule has 0 aromatic rings. The average molecular weight is 1040 g/mol. The number of rotatable bonds is 62. The molecule has 6 heteroatoms. The molecule has 0 rings (SSSR count). The van der Waals surface area contributed by atoms with Crippen LogP contribution in [-0.4, -0.2) is 37.2 Å². The molecule has 0 aromatic carbocycles. The Bertz CT molecular complexity index is 1190. The van der Waals surface area contributed by atoms with Crippen molar-refractivity contribution in [3.63, 3.8) is 0 Å². The number of esters is 3. The van der Waals surface area contributed by atoms with Gasteiger partial charge in [-0.1, -0.05) is 321 Å². The highest BCUT2D eigenvalue weighted by Crippen LogP contribution is 2.19. The molecule has 0 fully saturated rings. The zero-order valence-electron chi connectivity index (χ0n) is 50.1. The van der Waals surface area contributed by atoms with E-state index in [9.17, 15) is 14.4 Å². The first kappa shape index (κ1) is 71.9. The third-order valence-electron chi connectivity index (χ3n) is 15.2. The average Bonchev–Trinajstić information content (AvgIpc) is 3.40. The molecule has 0 bridgehead atoms. The topological polar surface area (TPSA) is 78.9 Å². The van der Waals surface area contributed by atoms with Crippen LogP contribution in [0, 0.1) is 0 Å². The molecule has 436 valence electrons. The van der Waals surface area contributed by atoms with Gasteiger partial charge in [0.25, 0.3) is 0 Å². The molecule has 0 amide bonds. The maximum Gasteiger partial charge on any atom is 0.306 e. The summed E-state index contributed by atoms with van der Waals surface area (Å²) in [5.74, 6) is -0.876. The Labute approximate surface area is 462 Å². The minimum Gasteiger partial charge on any atom is -0.462 e. The van der Waals surface area contributed by atoms with Gasteiger partial charge < -0.3 is 14.2 Å². The summed E-state index contributed by atoms with van der Waals surface area (Å²) in [4.78, 5) is 38.0. The summed E-state index contributed by atoms with van der Waals surface area (Å²) in [6, 6.07) is 0. The highest BCUT2D eigenvalue weighted by atomic mass is 16.6. The van der Waals surface area contributed by atoms with E-state index < -0.39 is 6.10 Å². The maximum atomic E-state index is 12.8. The highest BCUT2D eigenvalue weighted by molar-refractivity contribution is 5.71. The lowest BCUT2D eigenvalue weighted by molar-refractivity contribution is -0.167. The monoisotopic (exact) mass is 1040 g/mol. The van der Waals surface area contributed by atoms with Gasteiger partial charge in [0.1, 0.15) is 13.2 Å². The molecule has 0 saturated heterocycles. The van der Waals surface area contributed by atoms with Crippen molar-refractivity contribution < 1.29 is 28.6 Å². The van der Waals surface area contributed by atoms with Crippen LogP contribution in [0.3, 0.4) is 0 Å². The number of carbonyl (C=O) groups excluding carboxylic acids is 3. The van der Waals surface area contributed by atoms with E-state index in [1.165, 1.54) is 250 Å². The second-order valence-corrected chi connectivity index (χ2v) is 22.7. The van der Waals surface area contributed by atoms with Crippen molar-refractivity contribution in [2.45, 2.75) is 380 Å². The number of hydrogen-bond donors (Lipinski definition) is 0. The van der Waals surface area contributed by atoms with Crippen LogP contribution >= 0.6 is 0 Å². The lowest BCUT2D eigenvalue weighted by atomic mass is 10.0. The van der Waals surface area contributed by atoms with Crippen molar-refractivity contribution in [3.05, 3.63) is 24.3 Å². The lowest BCUT2D eigenvalue weighted by Crippen LogP contribution is -2.30. The third kappa shape index (κ3) is 60.8. The van der Waals surface area contributed by atoms with E-state index in [-0.39, 0.29) is 31.1 Å². The van der Waals surface area contributed by atoms with E-state index in [1.807, 2.05) is 0 Å². The molecule has 6 nitrogen and oxygen atoms in total. The molecule has 0 aliphatic heterocycles. The van der Waals surface area contributed by atoms with Gasteiger partial charge in [0, 0.05) is 19.3 Å². The maximum absolute atomic E-state index is 12.8. The zero-order valence-corrected chi connectivity index (χ0v) is 50.1. The Balaban J connectivity index is 3.89. The van der Waals surface area contributed by atoms with Crippen molar-refractivity contribution in [1.82, 2.24) is 0 Å². The fourth-order valence-corrected chi connectivity index (χ4v) is 10.1. The van der Waals surface area contributed by atoms with Gasteiger partial charge >= 0.3 is 17.9 Å². The van der Waals surface area contributed by atoms with E-state index in [0.717, 1.165) is 83.5 Å². The largest absolute Gasteiger partial charge is 0.462 e. The lowest BCUT2D eigenvalue weighted by Gasteiger charge is -2.18. The van der Waals surface area contributed by atoms with Gasteiger partial charge in [-0.15, -0.1) is 0 Å². The van der Waals surface area contributed by atoms with E-state index in [4.69, 9.17) is 14.2 Å². The van der Waals surface area contributed by atoms with Crippen LogP contribution < -0.4 is 0 Å². The number of carbonyl (C=O) groups is 3. The summed E-state index contributed by atoms with van der Waals surface area (Å²) in [7, 11) is 0. The van der Waals surface area contributed by atoms with E-state index in [2.05, 4.69) is 45.1 Å². The SMILES string of the molecule is CCC/C=C\CCCCCCCC(=O)OCC(COC(=O)CCCCCCCCCCCCCCCCCCCCCCCCCCCCCCCCCCCCC)OC(=O)CCCCCCC/C=C\CCCC. The summed E-state index contributed by atoms with van der Waals surface area (Å²) in [5, 5.41) is 0. The van der Waals surface area contributed by atoms with Crippen LogP contribution in [0.25, 0.3) is 0 Å². The van der Waals surface area contributed by atoms with Crippen molar-refractivity contribution in [2.24, 2.45) is 0 Å². The van der Waals surface area contributed by atoms with Crippen LogP contribution in [0.1, 0.15) is 374 Å². The smallest absolute Gasteiger partial charge is 0.306 e. The first-order chi connectivity index (χ1) is 36.5. The summed E-state index contributed by atoms with van der Waals surface area (Å²) >= 11 is 0. The molecule has 0 heterocycles. The van der Waals surface area contributed by atoms with Crippen molar-refractivity contribution in [1.29, 1.82) is 0 Å². The number of ether oxygens (including phenoxy) is 3. The van der Waals surface area contributed by atoms with Crippen LogP contribution in [0.15, 0.2) is 24.3 Å². The first-order valence-corrected chi connectivity index (χ1v) is 33.3. The first-order valence-electron chi connectivity index (χ1n) is 33.3. The fourth-order valence-electron chi connectivity index (χ4n) is 10.1. The van der Waals surface area contributed by atoms with Gasteiger partial charge in [0.15, 0.2) is 6.10 Å². The van der Waals surface area contributed by atoms with E-state index >= 15 is 0 Å².